The summed E-state index contributed by atoms with van der Waals surface area (Å²) in [5, 5.41) is 10.6. The highest BCUT2D eigenvalue weighted by Crippen LogP contribution is 2.33. The standard InChI is InChI=1S/C16H25NO4/c1-11(2)17-7-8-21-15(10-17)16(18)13-6-5-12(19-3)9-14(13)20-4/h5-6,9,11,15-16,18H,7-8,10H2,1-4H3. The van der Waals surface area contributed by atoms with Crippen molar-refractivity contribution in [2.75, 3.05) is 33.9 Å². The molecule has 0 radical (unpaired) electrons. The van der Waals surface area contributed by atoms with Crippen molar-refractivity contribution in [1.29, 1.82) is 0 Å². The zero-order valence-corrected chi connectivity index (χ0v) is 13.2. The fourth-order valence-corrected chi connectivity index (χ4v) is 2.62. The minimum Gasteiger partial charge on any atom is -0.497 e. The summed E-state index contributed by atoms with van der Waals surface area (Å²) in [7, 11) is 3.20. The second-order valence-corrected chi connectivity index (χ2v) is 5.55. The molecule has 0 bridgehead atoms. The van der Waals surface area contributed by atoms with Gasteiger partial charge in [0, 0.05) is 30.8 Å². The van der Waals surface area contributed by atoms with Gasteiger partial charge in [0.25, 0.3) is 0 Å². The lowest BCUT2D eigenvalue weighted by Crippen LogP contribution is -2.47. The van der Waals surface area contributed by atoms with Gasteiger partial charge < -0.3 is 19.3 Å². The SMILES string of the molecule is COc1ccc(C(O)C2CN(C(C)C)CCO2)c(OC)c1. The number of aliphatic hydroxyl groups excluding tert-OH is 1. The molecule has 1 N–H and O–H groups in total. The molecule has 118 valence electrons. The fourth-order valence-electron chi connectivity index (χ4n) is 2.62. The molecule has 0 amide bonds. The molecule has 2 atom stereocenters. The van der Waals surface area contributed by atoms with Crippen molar-refractivity contribution < 1.29 is 19.3 Å². The summed E-state index contributed by atoms with van der Waals surface area (Å²) in [6.45, 7) is 6.57. The van der Waals surface area contributed by atoms with Gasteiger partial charge in [-0.15, -0.1) is 0 Å². The second kappa shape index (κ2) is 7.11. The van der Waals surface area contributed by atoms with Crippen molar-refractivity contribution in [3.05, 3.63) is 23.8 Å². The molecule has 1 fully saturated rings. The summed E-state index contributed by atoms with van der Waals surface area (Å²) in [4.78, 5) is 2.31. The van der Waals surface area contributed by atoms with E-state index in [0.717, 1.165) is 12.1 Å². The van der Waals surface area contributed by atoms with Crippen LogP contribution in [0.4, 0.5) is 0 Å². The molecule has 1 saturated heterocycles. The summed E-state index contributed by atoms with van der Waals surface area (Å²) >= 11 is 0. The topological polar surface area (TPSA) is 51.2 Å². The highest BCUT2D eigenvalue weighted by molar-refractivity contribution is 5.42. The summed E-state index contributed by atoms with van der Waals surface area (Å²) < 4.78 is 16.3. The maximum Gasteiger partial charge on any atom is 0.128 e. The Hall–Kier alpha value is -1.30. The van der Waals surface area contributed by atoms with Crippen LogP contribution in [0.5, 0.6) is 11.5 Å². The molecule has 21 heavy (non-hydrogen) atoms. The van der Waals surface area contributed by atoms with Gasteiger partial charge in [-0.2, -0.15) is 0 Å². The van der Waals surface area contributed by atoms with Crippen LogP contribution in [0, 0.1) is 0 Å². The first kappa shape index (κ1) is 16.1. The number of ether oxygens (including phenoxy) is 3. The van der Waals surface area contributed by atoms with Crippen molar-refractivity contribution in [2.24, 2.45) is 0 Å². The Bertz CT molecular complexity index is 464. The van der Waals surface area contributed by atoms with Crippen molar-refractivity contribution in [2.45, 2.75) is 32.1 Å². The highest BCUT2D eigenvalue weighted by Gasteiger charge is 2.30. The minimum absolute atomic E-state index is 0.247. The molecule has 5 heteroatoms. The van der Waals surface area contributed by atoms with Gasteiger partial charge in [0.15, 0.2) is 0 Å². The quantitative estimate of drug-likeness (QED) is 0.898. The number of hydrogen-bond donors (Lipinski definition) is 1. The maximum absolute atomic E-state index is 10.6. The number of benzene rings is 1. The lowest BCUT2D eigenvalue weighted by molar-refractivity contribution is -0.0965. The van der Waals surface area contributed by atoms with Gasteiger partial charge in [0.1, 0.15) is 23.7 Å². The highest BCUT2D eigenvalue weighted by atomic mass is 16.5. The lowest BCUT2D eigenvalue weighted by Gasteiger charge is -2.37. The molecule has 1 aliphatic heterocycles. The maximum atomic E-state index is 10.6. The Morgan fingerprint density at radius 3 is 2.67 bits per heavy atom. The number of morpholine rings is 1. The zero-order chi connectivity index (χ0) is 15.4. The summed E-state index contributed by atoms with van der Waals surface area (Å²) in [6.07, 6.45) is -0.962. The molecule has 0 aromatic heterocycles. The molecule has 2 unspecified atom stereocenters. The van der Waals surface area contributed by atoms with Gasteiger partial charge in [-0.05, 0) is 26.0 Å². The molecular weight excluding hydrogens is 270 g/mol. The van der Waals surface area contributed by atoms with Gasteiger partial charge >= 0.3 is 0 Å². The van der Waals surface area contributed by atoms with Gasteiger partial charge in [-0.3, -0.25) is 4.90 Å². The van der Waals surface area contributed by atoms with Crippen LogP contribution in [0.25, 0.3) is 0 Å². The Balaban J connectivity index is 2.17. The van der Waals surface area contributed by atoms with E-state index in [-0.39, 0.29) is 6.10 Å². The second-order valence-electron chi connectivity index (χ2n) is 5.55. The largest absolute Gasteiger partial charge is 0.497 e. The van der Waals surface area contributed by atoms with Crippen molar-refractivity contribution in [3.8, 4) is 11.5 Å². The van der Waals surface area contributed by atoms with Gasteiger partial charge in [0.2, 0.25) is 0 Å². The summed E-state index contributed by atoms with van der Waals surface area (Å²) in [5.41, 5.74) is 0.730. The van der Waals surface area contributed by atoms with E-state index in [1.54, 1.807) is 20.3 Å². The monoisotopic (exact) mass is 295 g/mol. The van der Waals surface area contributed by atoms with Crippen LogP contribution in [0.3, 0.4) is 0 Å². The lowest BCUT2D eigenvalue weighted by atomic mass is 10.0. The van der Waals surface area contributed by atoms with Gasteiger partial charge in [-0.25, -0.2) is 0 Å². The zero-order valence-electron chi connectivity index (χ0n) is 13.2. The summed E-state index contributed by atoms with van der Waals surface area (Å²) in [6, 6.07) is 5.88. The molecule has 0 spiro atoms. The van der Waals surface area contributed by atoms with Crippen LogP contribution in [0.2, 0.25) is 0 Å². The Kier molecular flexibility index (Phi) is 5.45. The third-order valence-electron chi connectivity index (χ3n) is 3.97. The van der Waals surface area contributed by atoms with Crippen LogP contribution >= 0.6 is 0 Å². The van der Waals surface area contributed by atoms with Crippen LogP contribution in [-0.2, 0) is 4.74 Å². The minimum atomic E-state index is -0.715. The predicted octanol–water partition coefficient (Wildman–Crippen LogP) is 1.85. The molecule has 5 nitrogen and oxygen atoms in total. The first-order valence-corrected chi connectivity index (χ1v) is 7.32. The number of hydrogen-bond acceptors (Lipinski definition) is 5. The van der Waals surface area contributed by atoms with E-state index in [1.165, 1.54) is 0 Å². The van der Waals surface area contributed by atoms with Gasteiger partial charge in [-0.1, -0.05) is 0 Å². The Morgan fingerprint density at radius 1 is 1.29 bits per heavy atom. The number of methoxy groups -OCH3 is 2. The van der Waals surface area contributed by atoms with E-state index in [1.807, 2.05) is 12.1 Å². The average Bonchev–Trinajstić information content (AvgIpc) is 2.53. The molecule has 1 heterocycles. The van der Waals surface area contributed by atoms with E-state index in [4.69, 9.17) is 14.2 Å². The van der Waals surface area contributed by atoms with E-state index in [2.05, 4.69) is 18.7 Å². The molecule has 0 saturated carbocycles. The van der Waals surface area contributed by atoms with E-state index in [9.17, 15) is 5.11 Å². The number of aliphatic hydroxyl groups is 1. The van der Waals surface area contributed by atoms with Crippen LogP contribution in [-0.4, -0.2) is 56.1 Å². The van der Waals surface area contributed by atoms with E-state index >= 15 is 0 Å². The van der Waals surface area contributed by atoms with Gasteiger partial charge in [0.05, 0.1) is 20.8 Å². The smallest absolute Gasteiger partial charge is 0.128 e. The summed E-state index contributed by atoms with van der Waals surface area (Å²) in [5.74, 6) is 1.32. The number of rotatable bonds is 5. The van der Waals surface area contributed by atoms with Crippen molar-refractivity contribution in [1.82, 2.24) is 4.90 Å². The molecule has 2 rings (SSSR count). The van der Waals surface area contributed by atoms with E-state index in [0.29, 0.717) is 30.7 Å². The molecule has 1 aromatic carbocycles. The van der Waals surface area contributed by atoms with Crippen molar-refractivity contribution in [3.63, 3.8) is 0 Å². The first-order valence-electron chi connectivity index (χ1n) is 7.32. The van der Waals surface area contributed by atoms with Crippen molar-refractivity contribution >= 4 is 0 Å². The molecule has 0 aliphatic carbocycles. The van der Waals surface area contributed by atoms with Crippen LogP contribution < -0.4 is 9.47 Å². The fraction of sp³-hybridized carbons (Fsp3) is 0.625. The third kappa shape index (κ3) is 3.67. The molecular formula is C16H25NO4. The first-order chi connectivity index (χ1) is 10.1. The third-order valence-corrected chi connectivity index (χ3v) is 3.97. The molecule has 1 aliphatic rings. The normalized spacial score (nSPS) is 21.3. The average molecular weight is 295 g/mol. The van der Waals surface area contributed by atoms with E-state index < -0.39 is 6.10 Å². The van der Waals surface area contributed by atoms with Crippen LogP contribution in [0.15, 0.2) is 18.2 Å². The number of nitrogens with zero attached hydrogens (tertiary/aromatic N) is 1. The predicted molar refractivity (Wildman–Crippen MR) is 81.0 cm³/mol. The van der Waals surface area contributed by atoms with Crippen LogP contribution in [0.1, 0.15) is 25.5 Å². The Morgan fingerprint density at radius 2 is 2.05 bits per heavy atom. The Labute approximate surface area is 126 Å². The molecule has 1 aromatic rings.